The van der Waals surface area contributed by atoms with Crippen LogP contribution in [0.4, 0.5) is 0 Å². The lowest BCUT2D eigenvalue weighted by atomic mass is 10.1. The first-order chi connectivity index (χ1) is 9.19. The van der Waals surface area contributed by atoms with Crippen LogP contribution >= 0.6 is 11.3 Å². The molecular formula is C13H19NO4S. The molecule has 0 bridgehead atoms. The number of Topliss-reactive ketones (excluding diaryl/α,β-unsaturated/α-hetero) is 1. The molecule has 1 aromatic heterocycles. The average Bonchev–Trinajstić information content (AvgIpc) is 2.91. The van der Waals surface area contributed by atoms with Crippen molar-refractivity contribution in [3.05, 3.63) is 22.4 Å². The van der Waals surface area contributed by atoms with E-state index in [1.165, 1.54) is 11.3 Å². The first-order valence-electron chi connectivity index (χ1n) is 6.26. The number of aliphatic hydroxyl groups excluding tert-OH is 1. The van der Waals surface area contributed by atoms with Gasteiger partial charge in [0.25, 0.3) is 0 Å². The van der Waals surface area contributed by atoms with Gasteiger partial charge in [-0.2, -0.15) is 0 Å². The summed E-state index contributed by atoms with van der Waals surface area (Å²) in [5.74, 6) is -0.505. The Morgan fingerprint density at radius 1 is 1.53 bits per heavy atom. The fourth-order valence-electron chi connectivity index (χ4n) is 1.59. The van der Waals surface area contributed by atoms with Crippen LogP contribution in [0.5, 0.6) is 0 Å². The van der Waals surface area contributed by atoms with Crippen LogP contribution in [0.1, 0.15) is 29.4 Å². The third-order valence-electron chi connectivity index (χ3n) is 2.48. The first-order valence-corrected chi connectivity index (χ1v) is 7.14. The molecule has 1 aromatic rings. The fourth-order valence-corrected chi connectivity index (χ4v) is 2.31. The third kappa shape index (κ3) is 5.50. The van der Waals surface area contributed by atoms with Gasteiger partial charge >= 0.3 is 5.97 Å². The zero-order chi connectivity index (χ0) is 14.1. The molecule has 0 radical (unpaired) electrons. The molecule has 0 saturated carbocycles. The van der Waals surface area contributed by atoms with Crippen LogP contribution in [0.25, 0.3) is 0 Å². The molecular weight excluding hydrogens is 266 g/mol. The SMILES string of the molecule is CCOC(=O)CC(NCCCO)C(=O)c1cccs1. The van der Waals surface area contributed by atoms with E-state index >= 15 is 0 Å². The van der Waals surface area contributed by atoms with E-state index in [1.807, 2.05) is 5.38 Å². The van der Waals surface area contributed by atoms with Gasteiger partial charge in [-0.25, -0.2) is 0 Å². The van der Waals surface area contributed by atoms with Gasteiger partial charge in [-0.05, 0) is 31.3 Å². The number of rotatable bonds is 9. The van der Waals surface area contributed by atoms with Gasteiger partial charge in [-0.1, -0.05) is 6.07 Å². The van der Waals surface area contributed by atoms with E-state index in [-0.39, 0.29) is 18.8 Å². The van der Waals surface area contributed by atoms with Crippen LogP contribution in [0.2, 0.25) is 0 Å². The number of hydrogen-bond acceptors (Lipinski definition) is 6. The van der Waals surface area contributed by atoms with Crippen molar-refractivity contribution in [3.63, 3.8) is 0 Å². The molecule has 5 nitrogen and oxygen atoms in total. The van der Waals surface area contributed by atoms with Crippen molar-refractivity contribution in [2.24, 2.45) is 0 Å². The second-order valence-electron chi connectivity index (χ2n) is 3.93. The lowest BCUT2D eigenvalue weighted by molar-refractivity contribution is -0.143. The molecule has 0 fully saturated rings. The number of ether oxygens (including phenoxy) is 1. The second kappa shape index (κ2) is 8.79. The predicted molar refractivity (Wildman–Crippen MR) is 73.4 cm³/mol. The zero-order valence-electron chi connectivity index (χ0n) is 10.9. The Morgan fingerprint density at radius 3 is 2.89 bits per heavy atom. The molecule has 0 aliphatic carbocycles. The minimum absolute atomic E-state index is 0.00992. The molecule has 0 aliphatic heterocycles. The number of nitrogens with one attached hydrogen (secondary N) is 1. The molecule has 0 saturated heterocycles. The van der Waals surface area contributed by atoms with Crippen LogP contribution < -0.4 is 5.32 Å². The molecule has 1 rings (SSSR count). The van der Waals surface area contributed by atoms with E-state index in [1.54, 1.807) is 19.1 Å². The summed E-state index contributed by atoms with van der Waals surface area (Å²) in [4.78, 5) is 24.3. The molecule has 19 heavy (non-hydrogen) atoms. The molecule has 0 spiro atoms. The van der Waals surface area contributed by atoms with Crippen molar-refractivity contribution in [2.75, 3.05) is 19.8 Å². The fraction of sp³-hybridized carbons (Fsp3) is 0.538. The van der Waals surface area contributed by atoms with Crippen molar-refractivity contribution < 1.29 is 19.4 Å². The number of carbonyl (C=O) groups excluding carboxylic acids is 2. The van der Waals surface area contributed by atoms with Crippen molar-refractivity contribution in [1.29, 1.82) is 0 Å². The van der Waals surface area contributed by atoms with Gasteiger partial charge in [-0.3, -0.25) is 9.59 Å². The Balaban J connectivity index is 2.62. The highest BCUT2D eigenvalue weighted by molar-refractivity contribution is 7.12. The summed E-state index contributed by atoms with van der Waals surface area (Å²) in [5, 5.41) is 13.6. The van der Waals surface area contributed by atoms with Crippen molar-refractivity contribution >= 4 is 23.1 Å². The summed E-state index contributed by atoms with van der Waals surface area (Å²) < 4.78 is 4.87. The Morgan fingerprint density at radius 2 is 2.32 bits per heavy atom. The summed E-state index contributed by atoms with van der Waals surface area (Å²) in [6.07, 6.45) is 0.549. The van der Waals surface area contributed by atoms with Crippen LogP contribution in [0.15, 0.2) is 17.5 Å². The van der Waals surface area contributed by atoms with E-state index in [0.29, 0.717) is 24.4 Å². The lowest BCUT2D eigenvalue weighted by Crippen LogP contribution is -2.39. The van der Waals surface area contributed by atoms with Gasteiger partial charge in [0.2, 0.25) is 0 Å². The Bertz CT molecular complexity index is 391. The Kier molecular flexibility index (Phi) is 7.32. The molecule has 2 N–H and O–H groups in total. The van der Waals surface area contributed by atoms with E-state index in [0.717, 1.165) is 0 Å². The highest BCUT2D eigenvalue weighted by Gasteiger charge is 2.23. The summed E-state index contributed by atoms with van der Waals surface area (Å²) in [5.41, 5.74) is 0. The van der Waals surface area contributed by atoms with Crippen LogP contribution in [-0.2, 0) is 9.53 Å². The molecule has 1 atom stereocenters. The quantitative estimate of drug-likeness (QED) is 0.405. The second-order valence-corrected chi connectivity index (χ2v) is 4.88. The van der Waals surface area contributed by atoms with Gasteiger partial charge in [0, 0.05) is 6.61 Å². The van der Waals surface area contributed by atoms with E-state index in [2.05, 4.69) is 5.32 Å². The van der Waals surface area contributed by atoms with E-state index < -0.39 is 12.0 Å². The maximum Gasteiger partial charge on any atom is 0.307 e. The minimum Gasteiger partial charge on any atom is -0.466 e. The molecule has 1 heterocycles. The number of aliphatic hydroxyl groups is 1. The van der Waals surface area contributed by atoms with Crippen molar-refractivity contribution in [3.8, 4) is 0 Å². The van der Waals surface area contributed by atoms with E-state index in [4.69, 9.17) is 9.84 Å². The largest absolute Gasteiger partial charge is 0.466 e. The first kappa shape index (κ1) is 15.8. The molecule has 0 aromatic carbocycles. The number of hydrogen-bond donors (Lipinski definition) is 2. The topological polar surface area (TPSA) is 75.6 Å². The number of thiophene rings is 1. The monoisotopic (exact) mass is 285 g/mol. The van der Waals surface area contributed by atoms with Gasteiger partial charge in [-0.15, -0.1) is 11.3 Å². The number of carbonyl (C=O) groups is 2. The predicted octanol–water partition coefficient (Wildman–Crippen LogP) is 1.22. The lowest BCUT2D eigenvalue weighted by Gasteiger charge is -2.15. The van der Waals surface area contributed by atoms with Gasteiger partial charge < -0.3 is 15.2 Å². The normalized spacial score (nSPS) is 12.1. The van der Waals surface area contributed by atoms with Crippen LogP contribution in [-0.4, -0.2) is 42.7 Å². The number of esters is 1. The molecule has 0 aliphatic rings. The van der Waals surface area contributed by atoms with Crippen LogP contribution in [0.3, 0.4) is 0 Å². The third-order valence-corrected chi connectivity index (χ3v) is 3.37. The summed E-state index contributed by atoms with van der Waals surface area (Å²) in [7, 11) is 0. The van der Waals surface area contributed by atoms with Crippen LogP contribution in [0, 0.1) is 0 Å². The maximum absolute atomic E-state index is 12.2. The zero-order valence-corrected chi connectivity index (χ0v) is 11.7. The van der Waals surface area contributed by atoms with E-state index in [9.17, 15) is 9.59 Å². The smallest absolute Gasteiger partial charge is 0.307 e. The standard InChI is InChI=1S/C13H19NO4S/c1-2-18-12(16)9-10(14-6-4-7-15)13(17)11-5-3-8-19-11/h3,5,8,10,14-15H,2,4,6-7,9H2,1H3. The Labute approximate surface area is 116 Å². The maximum atomic E-state index is 12.2. The molecule has 106 valence electrons. The van der Waals surface area contributed by atoms with Crippen molar-refractivity contribution in [2.45, 2.75) is 25.8 Å². The average molecular weight is 285 g/mol. The van der Waals surface area contributed by atoms with Gasteiger partial charge in [0.15, 0.2) is 5.78 Å². The minimum atomic E-state index is -0.593. The highest BCUT2D eigenvalue weighted by Crippen LogP contribution is 2.13. The summed E-state index contributed by atoms with van der Waals surface area (Å²) >= 11 is 1.35. The molecule has 0 amide bonds. The Hall–Kier alpha value is -1.24. The van der Waals surface area contributed by atoms with Crippen molar-refractivity contribution in [1.82, 2.24) is 5.32 Å². The molecule has 1 unspecified atom stereocenters. The molecule has 6 heteroatoms. The summed E-state index contributed by atoms with van der Waals surface area (Å²) in [6.45, 7) is 2.56. The summed E-state index contributed by atoms with van der Waals surface area (Å²) in [6, 6.07) is 2.94. The highest BCUT2D eigenvalue weighted by atomic mass is 32.1. The van der Waals surface area contributed by atoms with Gasteiger partial charge in [0.1, 0.15) is 0 Å². The van der Waals surface area contributed by atoms with Gasteiger partial charge in [0.05, 0.1) is 23.9 Å². The number of ketones is 1.